The van der Waals surface area contributed by atoms with Gasteiger partial charge >= 0.3 is 0 Å². The van der Waals surface area contributed by atoms with Crippen molar-refractivity contribution in [2.75, 3.05) is 0 Å². The second-order valence-corrected chi connectivity index (χ2v) is 5.20. The summed E-state index contributed by atoms with van der Waals surface area (Å²) in [5, 5.41) is 6.90. The van der Waals surface area contributed by atoms with E-state index in [0.717, 1.165) is 17.5 Å². The van der Waals surface area contributed by atoms with E-state index >= 15 is 0 Å². The number of aryl methyl sites for hydroxylation is 2. The molecule has 5 nitrogen and oxygen atoms in total. The van der Waals surface area contributed by atoms with Crippen LogP contribution in [0.5, 0.6) is 0 Å². The van der Waals surface area contributed by atoms with Gasteiger partial charge in [0.1, 0.15) is 0 Å². The Hall–Kier alpha value is -2.17. The van der Waals surface area contributed by atoms with E-state index in [0.29, 0.717) is 24.6 Å². The van der Waals surface area contributed by atoms with Gasteiger partial charge in [0.2, 0.25) is 17.6 Å². The van der Waals surface area contributed by atoms with E-state index in [2.05, 4.69) is 15.5 Å². The lowest BCUT2D eigenvalue weighted by atomic mass is 10.1. The van der Waals surface area contributed by atoms with Crippen molar-refractivity contribution in [3.8, 4) is 11.4 Å². The largest absolute Gasteiger partial charge is 0.354 e. The van der Waals surface area contributed by atoms with Crippen molar-refractivity contribution >= 4 is 5.91 Å². The van der Waals surface area contributed by atoms with Gasteiger partial charge in [-0.25, -0.2) is 0 Å². The summed E-state index contributed by atoms with van der Waals surface area (Å²) < 4.78 is 5.21. The van der Waals surface area contributed by atoms with Crippen molar-refractivity contribution in [3.63, 3.8) is 0 Å². The standard InChI is InChI=1S/C16H21N3O2/c1-4-12(3)17-14(20)9-10-15-18-16(19-21-15)13-8-6-5-7-11(13)2/h5-8,12H,4,9-10H2,1-3H3,(H,17,20)/t12-/m1/s1. The molecule has 2 aromatic rings. The van der Waals surface area contributed by atoms with Crippen molar-refractivity contribution in [2.45, 2.75) is 46.1 Å². The Morgan fingerprint density at radius 2 is 2.14 bits per heavy atom. The van der Waals surface area contributed by atoms with E-state index in [9.17, 15) is 4.79 Å². The van der Waals surface area contributed by atoms with Gasteiger partial charge in [-0.05, 0) is 25.8 Å². The Balaban J connectivity index is 1.95. The van der Waals surface area contributed by atoms with Crippen LogP contribution in [0.25, 0.3) is 11.4 Å². The fourth-order valence-electron chi connectivity index (χ4n) is 1.96. The molecule has 1 amide bonds. The zero-order chi connectivity index (χ0) is 15.2. The lowest BCUT2D eigenvalue weighted by molar-refractivity contribution is -0.121. The molecule has 1 aromatic heterocycles. The Bertz CT molecular complexity index is 607. The summed E-state index contributed by atoms with van der Waals surface area (Å²) in [6.45, 7) is 6.03. The van der Waals surface area contributed by atoms with Gasteiger partial charge < -0.3 is 9.84 Å². The highest BCUT2D eigenvalue weighted by molar-refractivity contribution is 5.76. The Morgan fingerprint density at radius 3 is 2.86 bits per heavy atom. The van der Waals surface area contributed by atoms with E-state index in [1.165, 1.54) is 0 Å². The first-order chi connectivity index (χ1) is 10.1. The molecule has 0 radical (unpaired) electrons. The quantitative estimate of drug-likeness (QED) is 0.887. The Labute approximate surface area is 124 Å². The number of rotatable bonds is 6. The van der Waals surface area contributed by atoms with E-state index in [1.807, 2.05) is 45.0 Å². The van der Waals surface area contributed by atoms with Gasteiger partial charge in [0.05, 0.1) is 0 Å². The first kappa shape index (κ1) is 15.2. The molecule has 1 atom stereocenters. The van der Waals surface area contributed by atoms with Crippen LogP contribution in [0.1, 0.15) is 38.1 Å². The molecule has 0 aliphatic heterocycles. The van der Waals surface area contributed by atoms with Crippen molar-refractivity contribution in [2.24, 2.45) is 0 Å². The molecule has 2 rings (SSSR count). The van der Waals surface area contributed by atoms with Crippen LogP contribution in [-0.4, -0.2) is 22.1 Å². The molecular weight excluding hydrogens is 266 g/mol. The number of aromatic nitrogens is 2. The lowest BCUT2D eigenvalue weighted by Gasteiger charge is -2.10. The van der Waals surface area contributed by atoms with Gasteiger partial charge in [-0.15, -0.1) is 0 Å². The predicted molar refractivity (Wildman–Crippen MR) is 80.7 cm³/mol. The summed E-state index contributed by atoms with van der Waals surface area (Å²) in [6.07, 6.45) is 1.74. The highest BCUT2D eigenvalue weighted by Gasteiger charge is 2.12. The molecule has 21 heavy (non-hydrogen) atoms. The predicted octanol–water partition coefficient (Wildman–Crippen LogP) is 2.89. The molecule has 0 saturated carbocycles. The topological polar surface area (TPSA) is 68.0 Å². The van der Waals surface area contributed by atoms with Crippen LogP contribution in [0.3, 0.4) is 0 Å². The average molecular weight is 287 g/mol. The molecule has 0 aliphatic rings. The molecule has 1 N–H and O–H groups in total. The summed E-state index contributed by atoms with van der Waals surface area (Å²) in [7, 11) is 0. The van der Waals surface area contributed by atoms with Crippen LogP contribution in [0.2, 0.25) is 0 Å². The minimum Gasteiger partial charge on any atom is -0.354 e. The van der Waals surface area contributed by atoms with Crippen LogP contribution < -0.4 is 5.32 Å². The number of carbonyl (C=O) groups excluding carboxylic acids is 1. The van der Waals surface area contributed by atoms with Crippen molar-refractivity contribution in [3.05, 3.63) is 35.7 Å². The smallest absolute Gasteiger partial charge is 0.227 e. The van der Waals surface area contributed by atoms with Crippen LogP contribution in [0.4, 0.5) is 0 Å². The van der Waals surface area contributed by atoms with Crippen LogP contribution >= 0.6 is 0 Å². The highest BCUT2D eigenvalue weighted by atomic mass is 16.5. The zero-order valence-electron chi connectivity index (χ0n) is 12.7. The Kier molecular flexibility index (Phi) is 5.09. The first-order valence-electron chi connectivity index (χ1n) is 7.28. The maximum absolute atomic E-state index is 11.7. The Morgan fingerprint density at radius 1 is 1.38 bits per heavy atom. The first-order valence-corrected chi connectivity index (χ1v) is 7.28. The molecule has 0 saturated heterocycles. The minimum absolute atomic E-state index is 0.0139. The monoisotopic (exact) mass is 287 g/mol. The van der Waals surface area contributed by atoms with Gasteiger partial charge in [-0.2, -0.15) is 4.98 Å². The third-order valence-corrected chi connectivity index (χ3v) is 3.44. The summed E-state index contributed by atoms with van der Waals surface area (Å²) in [5.74, 6) is 1.08. The molecule has 112 valence electrons. The SMILES string of the molecule is CC[C@@H](C)NC(=O)CCc1nc(-c2ccccc2C)no1. The van der Waals surface area contributed by atoms with Gasteiger partial charge in [-0.3, -0.25) is 4.79 Å². The van der Waals surface area contributed by atoms with Gasteiger partial charge in [0, 0.05) is 24.4 Å². The molecule has 1 heterocycles. The summed E-state index contributed by atoms with van der Waals surface area (Å²) in [4.78, 5) is 16.1. The number of nitrogens with zero attached hydrogens (tertiary/aromatic N) is 2. The molecule has 0 spiro atoms. The van der Waals surface area contributed by atoms with Gasteiger partial charge in [0.25, 0.3) is 0 Å². The summed E-state index contributed by atoms with van der Waals surface area (Å²) in [6, 6.07) is 8.07. The van der Waals surface area contributed by atoms with Crippen molar-refractivity contribution < 1.29 is 9.32 Å². The van der Waals surface area contributed by atoms with Crippen molar-refractivity contribution in [1.82, 2.24) is 15.5 Å². The number of nitrogens with one attached hydrogen (secondary N) is 1. The lowest BCUT2D eigenvalue weighted by Crippen LogP contribution is -2.32. The second-order valence-electron chi connectivity index (χ2n) is 5.20. The van der Waals surface area contributed by atoms with E-state index < -0.39 is 0 Å². The molecule has 0 bridgehead atoms. The van der Waals surface area contributed by atoms with E-state index in [4.69, 9.17) is 4.52 Å². The third kappa shape index (κ3) is 4.15. The molecule has 5 heteroatoms. The third-order valence-electron chi connectivity index (χ3n) is 3.44. The minimum atomic E-state index is 0.0139. The summed E-state index contributed by atoms with van der Waals surface area (Å²) in [5.41, 5.74) is 2.05. The van der Waals surface area contributed by atoms with Gasteiger partial charge in [-0.1, -0.05) is 36.3 Å². The number of amides is 1. The zero-order valence-corrected chi connectivity index (χ0v) is 12.7. The molecular formula is C16H21N3O2. The average Bonchev–Trinajstić information content (AvgIpc) is 2.94. The van der Waals surface area contributed by atoms with Gasteiger partial charge in [0.15, 0.2) is 0 Å². The fourth-order valence-corrected chi connectivity index (χ4v) is 1.96. The number of hydrogen-bond donors (Lipinski definition) is 1. The molecule has 0 fully saturated rings. The van der Waals surface area contributed by atoms with Crippen molar-refractivity contribution in [1.29, 1.82) is 0 Å². The number of carbonyl (C=O) groups is 1. The van der Waals surface area contributed by atoms with Crippen LogP contribution in [0.15, 0.2) is 28.8 Å². The number of hydrogen-bond acceptors (Lipinski definition) is 4. The second kappa shape index (κ2) is 7.02. The molecule has 0 unspecified atom stereocenters. The van der Waals surface area contributed by atoms with E-state index in [1.54, 1.807) is 0 Å². The molecule has 0 aliphatic carbocycles. The normalized spacial score (nSPS) is 12.1. The fraction of sp³-hybridized carbons (Fsp3) is 0.438. The highest BCUT2D eigenvalue weighted by Crippen LogP contribution is 2.20. The summed E-state index contributed by atoms with van der Waals surface area (Å²) >= 11 is 0. The van der Waals surface area contributed by atoms with Crippen LogP contribution in [-0.2, 0) is 11.2 Å². The van der Waals surface area contributed by atoms with Crippen LogP contribution in [0, 0.1) is 6.92 Å². The number of benzene rings is 1. The molecule has 1 aromatic carbocycles. The maximum Gasteiger partial charge on any atom is 0.227 e. The maximum atomic E-state index is 11.7. The van der Waals surface area contributed by atoms with E-state index in [-0.39, 0.29) is 11.9 Å².